The second-order valence-electron chi connectivity index (χ2n) is 6.83. The molecule has 1 aromatic heterocycles. The molecule has 0 saturated carbocycles. The summed E-state index contributed by atoms with van der Waals surface area (Å²) in [6.45, 7) is 7.52. The molecule has 0 radical (unpaired) electrons. The first-order chi connectivity index (χ1) is 14.0. The van der Waals surface area contributed by atoms with Crippen molar-refractivity contribution in [3.63, 3.8) is 0 Å². The summed E-state index contributed by atoms with van der Waals surface area (Å²) in [5.74, 6) is 2.05. The van der Waals surface area contributed by atoms with Gasteiger partial charge in [-0.1, -0.05) is 48.2 Å². The van der Waals surface area contributed by atoms with Crippen LogP contribution in [0.4, 0.5) is 0 Å². The zero-order chi connectivity index (χ0) is 20.6. The molecule has 0 atom stereocenters. The maximum Gasteiger partial charge on any atom is 0.230 e. The third kappa shape index (κ3) is 6.37. The Kier molecular flexibility index (Phi) is 7.77. The average Bonchev–Trinajstić information content (AvgIpc) is 3.06. The van der Waals surface area contributed by atoms with E-state index in [2.05, 4.69) is 59.7 Å². The van der Waals surface area contributed by atoms with Gasteiger partial charge in [0.05, 0.1) is 12.3 Å². The van der Waals surface area contributed by atoms with Crippen molar-refractivity contribution < 1.29 is 4.79 Å². The molecule has 0 saturated heterocycles. The molecular weight excluding hydrogens is 400 g/mol. The molecule has 152 valence electrons. The Hall–Kier alpha value is -2.25. The molecule has 1 amide bonds. The molecule has 1 N–H and O–H groups in total. The van der Waals surface area contributed by atoms with Crippen LogP contribution in [0.1, 0.15) is 22.5 Å². The molecule has 0 fully saturated rings. The fraction of sp³-hybridized carbons (Fsp3) is 0.318. The SMILES string of the molecule is Cc1ccc(SCCNC(=O)CSc2nnc(C)n2Cc2ccccc2)cc1C. The molecule has 3 aromatic rings. The highest BCUT2D eigenvalue weighted by Crippen LogP contribution is 2.21. The fourth-order valence-corrected chi connectivity index (χ4v) is 4.44. The topological polar surface area (TPSA) is 59.8 Å². The van der Waals surface area contributed by atoms with Crippen LogP contribution in [0.2, 0.25) is 0 Å². The van der Waals surface area contributed by atoms with Crippen molar-refractivity contribution in [1.29, 1.82) is 0 Å². The molecular formula is C22H26N4OS2. The van der Waals surface area contributed by atoms with Crippen LogP contribution in [-0.2, 0) is 11.3 Å². The van der Waals surface area contributed by atoms with Crippen molar-refractivity contribution >= 4 is 29.4 Å². The van der Waals surface area contributed by atoms with Crippen molar-refractivity contribution in [2.75, 3.05) is 18.1 Å². The largest absolute Gasteiger partial charge is 0.355 e. The van der Waals surface area contributed by atoms with Gasteiger partial charge >= 0.3 is 0 Å². The number of hydrogen-bond acceptors (Lipinski definition) is 5. The average molecular weight is 427 g/mol. The van der Waals surface area contributed by atoms with Gasteiger partial charge in [-0.15, -0.1) is 22.0 Å². The van der Waals surface area contributed by atoms with E-state index in [9.17, 15) is 4.79 Å². The normalized spacial score (nSPS) is 10.9. The standard InChI is InChI=1S/C22H26N4OS2/c1-16-9-10-20(13-17(16)2)28-12-11-23-21(27)15-29-22-25-24-18(3)26(22)14-19-7-5-4-6-8-19/h4-10,13H,11-12,14-15H2,1-3H3,(H,23,27). The van der Waals surface area contributed by atoms with E-state index < -0.39 is 0 Å². The second-order valence-corrected chi connectivity index (χ2v) is 8.95. The van der Waals surface area contributed by atoms with Crippen LogP contribution in [0, 0.1) is 20.8 Å². The quantitative estimate of drug-likeness (QED) is 0.409. The van der Waals surface area contributed by atoms with Gasteiger partial charge in [0.2, 0.25) is 5.91 Å². The van der Waals surface area contributed by atoms with Crippen molar-refractivity contribution in [3.8, 4) is 0 Å². The zero-order valence-electron chi connectivity index (χ0n) is 17.0. The summed E-state index contributed by atoms with van der Waals surface area (Å²) in [5, 5.41) is 12.2. The van der Waals surface area contributed by atoms with E-state index >= 15 is 0 Å². The predicted molar refractivity (Wildman–Crippen MR) is 121 cm³/mol. The Morgan fingerprint density at radius 2 is 1.79 bits per heavy atom. The number of benzene rings is 2. The van der Waals surface area contributed by atoms with Gasteiger partial charge in [0, 0.05) is 17.2 Å². The highest BCUT2D eigenvalue weighted by atomic mass is 32.2. The Labute approximate surface area is 180 Å². The summed E-state index contributed by atoms with van der Waals surface area (Å²) >= 11 is 3.18. The first kappa shape index (κ1) is 21.5. The van der Waals surface area contributed by atoms with E-state index in [1.54, 1.807) is 11.8 Å². The number of carbonyl (C=O) groups is 1. The molecule has 2 aromatic carbocycles. The monoisotopic (exact) mass is 426 g/mol. The number of nitrogens with zero attached hydrogens (tertiary/aromatic N) is 3. The number of thioether (sulfide) groups is 2. The maximum absolute atomic E-state index is 12.2. The van der Waals surface area contributed by atoms with Crippen LogP contribution in [0.3, 0.4) is 0 Å². The minimum Gasteiger partial charge on any atom is -0.355 e. The summed E-state index contributed by atoms with van der Waals surface area (Å²) in [4.78, 5) is 13.4. The highest BCUT2D eigenvalue weighted by molar-refractivity contribution is 7.99. The second kappa shape index (κ2) is 10.5. The molecule has 7 heteroatoms. The van der Waals surface area contributed by atoms with Crippen LogP contribution in [-0.4, -0.2) is 38.7 Å². The molecule has 0 aliphatic rings. The van der Waals surface area contributed by atoms with Crippen LogP contribution in [0.25, 0.3) is 0 Å². The molecule has 0 unspecified atom stereocenters. The summed E-state index contributed by atoms with van der Waals surface area (Å²) in [6.07, 6.45) is 0. The number of aromatic nitrogens is 3. The van der Waals surface area contributed by atoms with E-state index in [-0.39, 0.29) is 5.91 Å². The molecule has 29 heavy (non-hydrogen) atoms. The molecule has 3 rings (SSSR count). The summed E-state index contributed by atoms with van der Waals surface area (Å²) in [5.41, 5.74) is 3.78. The first-order valence-electron chi connectivity index (χ1n) is 9.56. The van der Waals surface area contributed by atoms with E-state index in [0.29, 0.717) is 18.8 Å². The minimum absolute atomic E-state index is 0.0163. The number of aryl methyl sites for hydroxylation is 3. The number of carbonyl (C=O) groups excluding carboxylic acids is 1. The van der Waals surface area contributed by atoms with Crippen LogP contribution >= 0.6 is 23.5 Å². The van der Waals surface area contributed by atoms with Gasteiger partial charge in [0.15, 0.2) is 5.16 Å². The maximum atomic E-state index is 12.2. The third-order valence-corrected chi connectivity index (χ3v) is 6.55. The molecule has 0 bridgehead atoms. The summed E-state index contributed by atoms with van der Waals surface area (Å²) < 4.78 is 2.04. The Balaban J connectivity index is 1.43. The fourth-order valence-electron chi connectivity index (χ4n) is 2.76. The minimum atomic E-state index is 0.0163. The van der Waals surface area contributed by atoms with E-state index in [1.807, 2.05) is 29.7 Å². The number of nitrogens with one attached hydrogen (secondary N) is 1. The van der Waals surface area contributed by atoms with Gasteiger partial charge in [-0.05, 0) is 49.6 Å². The summed E-state index contributed by atoms with van der Waals surface area (Å²) in [7, 11) is 0. The lowest BCUT2D eigenvalue weighted by Gasteiger charge is -2.09. The number of hydrogen-bond donors (Lipinski definition) is 1. The summed E-state index contributed by atoms with van der Waals surface area (Å²) in [6, 6.07) is 16.7. The van der Waals surface area contributed by atoms with Gasteiger partial charge in [-0.3, -0.25) is 4.79 Å². The zero-order valence-corrected chi connectivity index (χ0v) is 18.6. The molecule has 0 spiro atoms. The Morgan fingerprint density at radius 3 is 2.55 bits per heavy atom. The van der Waals surface area contributed by atoms with Crippen LogP contribution in [0.15, 0.2) is 58.6 Å². The van der Waals surface area contributed by atoms with Crippen molar-refractivity contribution in [2.24, 2.45) is 0 Å². The number of rotatable bonds is 9. The van der Waals surface area contributed by atoms with Crippen molar-refractivity contribution in [2.45, 2.75) is 37.4 Å². The molecule has 5 nitrogen and oxygen atoms in total. The van der Waals surface area contributed by atoms with Crippen molar-refractivity contribution in [1.82, 2.24) is 20.1 Å². The predicted octanol–water partition coefficient (Wildman–Crippen LogP) is 4.25. The lowest BCUT2D eigenvalue weighted by Crippen LogP contribution is -2.27. The smallest absolute Gasteiger partial charge is 0.230 e. The van der Waals surface area contributed by atoms with Gasteiger partial charge in [-0.2, -0.15) is 0 Å². The van der Waals surface area contributed by atoms with Crippen LogP contribution < -0.4 is 5.32 Å². The van der Waals surface area contributed by atoms with Gasteiger partial charge in [0.25, 0.3) is 0 Å². The van der Waals surface area contributed by atoms with Gasteiger partial charge in [0.1, 0.15) is 5.82 Å². The van der Waals surface area contributed by atoms with E-state index in [0.717, 1.165) is 16.7 Å². The highest BCUT2D eigenvalue weighted by Gasteiger charge is 2.12. The lowest BCUT2D eigenvalue weighted by molar-refractivity contribution is -0.118. The molecule has 1 heterocycles. The van der Waals surface area contributed by atoms with E-state index in [4.69, 9.17) is 0 Å². The lowest BCUT2D eigenvalue weighted by atomic mass is 10.1. The van der Waals surface area contributed by atoms with Crippen LogP contribution in [0.5, 0.6) is 0 Å². The first-order valence-corrected chi connectivity index (χ1v) is 11.5. The molecule has 0 aliphatic heterocycles. The number of amides is 1. The van der Waals surface area contributed by atoms with Gasteiger partial charge < -0.3 is 9.88 Å². The van der Waals surface area contributed by atoms with Gasteiger partial charge in [-0.25, -0.2) is 0 Å². The van der Waals surface area contributed by atoms with Crippen molar-refractivity contribution in [3.05, 3.63) is 71.0 Å². The Morgan fingerprint density at radius 1 is 1.00 bits per heavy atom. The van der Waals surface area contributed by atoms with E-state index in [1.165, 1.54) is 33.3 Å². The third-order valence-electron chi connectivity index (χ3n) is 4.59. The molecule has 0 aliphatic carbocycles. The Bertz CT molecular complexity index is 957.